The van der Waals surface area contributed by atoms with Gasteiger partial charge in [-0.05, 0) is 35.2 Å². The van der Waals surface area contributed by atoms with E-state index in [1.807, 2.05) is 4.68 Å². The molecule has 1 aliphatic rings. The number of aromatic nitrogens is 4. The van der Waals surface area contributed by atoms with Crippen molar-refractivity contribution in [2.45, 2.75) is 52.6 Å². The summed E-state index contributed by atoms with van der Waals surface area (Å²) in [5.41, 5.74) is 0. The second kappa shape index (κ2) is 6.10. The first-order valence-corrected chi connectivity index (χ1v) is 6.77. The zero-order chi connectivity index (χ0) is 12.1. The van der Waals surface area contributed by atoms with E-state index in [9.17, 15) is 0 Å². The van der Waals surface area contributed by atoms with Crippen molar-refractivity contribution in [3.8, 4) is 0 Å². The molecule has 2 unspecified atom stereocenters. The molecule has 0 spiro atoms. The minimum atomic E-state index is 0.743. The predicted molar refractivity (Wildman–Crippen MR) is 66.3 cm³/mol. The summed E-state index contributed by atoms with van der Waals surface area (Å²) < 4.78 is 1.98. The molecular formula is C12H23N5. The fraction of sp³-hybridized carbons (Fsp3) is 0.917. The highest BCUT2D eigenvalue weighted by molar-refractivity contribution is 4.82. The van der Waals surface area contributed by atoms with E-state index in [1.54, 1.807) is 0 Å². The van der Waals surface area contributed by atoms with Crippen molar-refractivity contribution < 1.29 is 0 Å². The topological polar surface area (TPSA) is 55.6 Å². The van der Waals surface area contributed by atoms with Crippen LogP contribution in [0.4, 0.5) is 0 Å². The molecule has 1 fully saturated rings. The van der Waals surface area contributed by atoms with Gasteiger partial charge in [-0.15, -0.1) is 5.10 Å². The molecule has 0 amide bonds. The number of hydrogen-bond donors (Lipinski definition) is 1. The summed E-state index contributed by atoms with van der Waals surface area (Å²) in [5.74, 6) is 2.51. The van der Waals surface area contributed by atoms with Gasteiger partial charge in [-0.25, -0.2) is 4.68 Å². The van der Waals surface area contributed by atoms with Crippen molar-refractivity contribution >= 4 is 0 Å². The van der Waals surface area contributed by atoms with Gasteiger partial charge in [0.05, 0.1) is 6.54 Å². The Morgan fingerprint density at radius 1 is 1.35 bits per heavy atom. The molecule has 0 aliphatic heterocycles. The highest BCUT2D eigenvalue weighted by atomic mass is 15.5. The number of nitrogens with one attached hydrogen (secondary N) is 1. The Balaban J connectivity index is 1.95. The molecule has 1 aliphatic carbocycles. The van der Waals surface area contributed by atoms with Gasteiger partial charge in [0.2, 0.25) is 0 Å². The third kappa shape index (κ3) is 3.25. The molecule has 2 atom stereocenters. The van der Waals surface area contributed by atoms with Crippen LogP contribution < -0.4 is 5.32 Å². The molecule has 96 valence electrons. The van der Waals surface area contributed by atoms with Gasteiger partial charge >= 0.3 is 0 Å². The average Bonchev–Trinajstić information content (AvgIpc) is 2.77. The minimum absolute atomic E-state index is 0.743. The first-order chi connectivity index (χ1) is 8.31. The second-order valence-corrected chi connectivity index (χ2v) is 5.08. The smallest absolute Gasteiger partial charge is 0.165 e. The standard InChI is InChI=1S/C12H23N5/c1-3-13-8-12-14-15-16-17(12)9-11-7-5-4-6-10(11)2/h10-11,13H,3-9H2,1-2H3. The first-order valence-electron chi connectivity index (χ1n) is 6.77. The predicted octanol–water partition coefficient (Wildman–Crippen LogP) is 1.61. The van der Waals surface area contributed by atoms with Crippen LogP contribution in [0.15, 0.2) is 0 Å². The van der Waals surface area contributed by atoms with Crippen LogP contribution in [0.1, 0.15) is 45.4 Å². The van der Waals surface area contributed by atoms with Crippen LogP contribution in [-0.2, 0) is 13.1 Å². The molecule has 1 aromatic rings. The summed E-state index contributed by atoms with van der Waals surface area (Å²) in [5, 5.41) is 15.3. The molecule has 2 rings (SSSR count). The van der Waals surface area contributed by atoms with E-state index in [4.69, 9.17) is 0 Å². The summed E-state index contributed by atoms with van der Waals surface area (Å²) in [6.45, 7) is 7.15. The maximum Gasteiger partial charge on any atom is 0.165 e. The molecule has 5 nitrogen and oxygen atoms in total. The number of hydrogen-bond acceptors (Lipinski definition) is 4. The Hall–Kier alpha value is -0.970. The molecule has 0 radical (unpaired) electrons. The van der Waals surface area contributed by atoms with Gasteiger partial charge in [-0.1, -0.05) is 33.1 Å². The van der Waals surface area contributed by atoms with E-state index in [2.05, 4.69) is 34.7 Å². The Morgan fingerprint density at radius 2 is 2.18 bits per heavy atom. The van der Waals surface area contributed by atoms with Crippen molar-refractivity contribution in [1.29, 1.82) is 0 Å². The van der Waals surface area contributed by atoms with E-state index < -0.39 is 0 Å². The number of tetrazole rings is 1. The van der Waals surface area contributed by atoms with Crippen molar-refractivity contribution in [1.82, 2.24) is 25.5 Å². The highest BCUT2D eigenvalue weighted by Gasteiger charge is 2.23. The first kappa shape index (κ1) is 12.5. The third-order valence-electron chi connectivity index (χ3n) is 3.84. The van der Waals surface area contributed by atoms with Crippen molar-refractivity contribution in [2.75, 3.05) is 6.54 Å². The second-order valence-electron chi connectivity index (χ2n) is 5.08. The average molecular weight is 237 g/mol. The van der Waals surface area contributed by atoms with E-state index in [0.29, 0.717) is 0 Å². The van der Waals surface area contributed by atoms with Crippen LogP contribution >= 0.6 is 0 Å². The van der Waals surface area contributed by atoms with E-state index >= 15 is 0 Å². The van der Waals surface area contributed by atoms with Gasteiger partial charge in [0.25, 0.3) is 0 Å². The lowest BCUT2D eigenvalue weighted by atomic mass is 9.80. The normalized spacial score (nSPS) is 25.1. The summed E-state index contributed by atoms with van der Waals surface area (Å²) in [6, 6.07) is 0. The van der Waals surface area contributed by atoms with Gasteiger partial charge in [-0.2, -0.15) is 0 Å². The van der Waals surface area contributed by atoms with Crippen LogP contribution in [0.3, 0.4) is 0 Å². The largest absolute Gasteiger partial charge is 0.310 e. The highest BCUT2D eigenvalue weighted by Crippen LogP contribution is 2.30. The summed E-state index contributed by atoms with van der Waals surface area (Å²) in [6.07, 6.45) is 5.42. The lowest BCUT2D eigenvalue weighted by Crippen LogP contribution is -2.25. The van der Waals surface area contributed by atoms with Crippen molar-refractivity contribution in [2.24, 2.45) is 11.8 Å². The fourth-order valence-corrected chi connectivity index (χ4v) is 2.61. The molecule has 0 bridgehead atoms. The van der Waals surface area contributed by atoms with Crippen LogP contribution in [0, 0.1) is 11.8 Å². The Labute approximate surface area is 103 Å². The number of nitrogens with zero attached hydrogens (tertiary/aromatic N) is 4. The summed E-state index contributed by atoms with van der Waals surface area (Å²) in [4.78, 5) is 0. The number of rotatable bonds is 5. The van der Waals surface area contributed by atoms with Gasteiger partial charge in [0.15, 0.2) is 5.82 Å². The van der Waals surface area contributed by atoms with Crippen molar-refractivity contribution in [3.05, 3.63) is 5.82 Å². The summed E-state index contributed by atoms with van der Waals surface area (Å²) in [7, 11) is 0. The molecule has 0 aromatic carbocycles. The minimum Gasteiger partial charge on any atom is -0.310 e. The molecule has 5 heteroatoms. The molecule has 1 aromatic heterocycles. The maximum atomic E-state index is 4.11. The van der Waals surface area contributed by atoms with Gasteiger partial charge in [0.1, 0.15) is 0 Å². The lowest BCUT2D eigenvalue weighted by Gasteiger charge is -2.28. The van der Waals surface area contributed by atoms with Crippen LogP contribution in [0.5, 0.6) is 0 Å². The monoisotopic (exact) mass is 237 g/mol. The van der Waals surface area contributed by atoms with Gasteiger partial charge in [0, 0.05) is 6.54 Å². The van der Waals surface area contributed by atoms with Crippen LogP contribution in [0.25, 0.3) is 0 Å². The molecule has 1 saturated carbocycles. The summed E-state index contributed by atoms with van der Waals surface area (Å²) >= 11 is 0. The molecule has 1 heterocycles. The Bertz CT molecular complexity index is 335. The van der Waals surface area contributed by atoms with Crippen molar-refractivity contribution in [3.63, 3.8) is 0 Å². The van der Waals surface area contributed by atoms with Gasteiger partial charge in [-0.3, -0.25) is 0 Å². The lowest BCUT2D eigenvalue weighted by molar-refractivity contribution is 0.218. The van der Waals surface area contributed by atoms with E-state index in [1.165, 1.54) is 25.7 Å². The molecule has 1 N–H and O–H groups in total. The van der Waals surface area contributed by atoms with Gasteiger partial charge < -0.3 is 5.32 Å². The quantitative estimate of drug-likeness (QED) is 0.845. The zero-order valence-corrected chi connectivity index (χ0v) is 10.9. The molecular weight excluding hydrogens is 214 g/mol. The Kier molecular flexibility index (Phi) is 4.48. The fourth-order valence-electron chi connectivity index (χ4n) is 2.61. The molecule has 0 saturated heterocycles. The van der Waals surface area contributed by atoms with Crippen LogP contribution in [-0.4, -0.2) is 26.8 Å². The van der Waals surface area contributed by atoms with E-state index in [0.717, 1.165) is 37.3 Å². The zero-order valence-electron chi connectivity index (χ0n) is 10.9. The third-order valence-corrected chi connectivity index (χ3v) is 3.84. The SMILES string of the molecule is CCNCc1nnnn1CC1CCCCC1C. The van der Waals surface area contributed by atoms with E-state index in [-0.39, 0.29) is 0 Å². The molecule has 17 heavy (non-hydrogen) atoms. The maximum absolute atomic E-state index is 4.11. The Morgan fingerprint density at radius 3 is 2.94 bits per heavy atom. The van der Waals surface area contributed by atoms with Crippen LogP contribution in [0.2, 0.25) is 0 Å².